The van der Waals surface area contributed by atoms with Crippen LogP contribution in [-0.4, -0.2) is 32.3 Å². The summed E-state index contributed by atoms with van der Waals surface area (Å²) in [5, 5.41) is 5.51. The number of esters is 1. The maximum atomic E-state index is 12.3. The van der Waals surface area contributed by atoms with E-state index in [0.717, 1.165) is 5.56 Å². The molecule has 0 heterocycles. The normalized spacial score (nSPS) is 10.3. The molecule has 0 atom stereocenters. The van der Waals surface area contributed by atoms with Crippen LogP contribution in [0.1, 0.15) is 35.3 Å². The minimum atomic E-state index is -0.443. The molecule has 2 N–H and O–H groups in total. The quantitative estimate of drug-likeness (QED) is 0.680. The molecule has 28 heavy (non-hydrogen) atoms. The molecular weight excluding hydrogens is 360 g/mol. The molecule has 0 spiro atoms. The molecule has 0 saturated carbocycles. The Hall–Kier alpha value is -3.22. The highest BCUT2D eigenvalue weighted by atomic mass is 16.5. The maximum absolute atomic E-state index is 12.3. The first kappa shape index (κ1) is 21.1. The zero-order valence-corrected chi connectivity index (χ0v) is 16.6. The van der Waals surface area contributed by atoms with E-state index in [1.807, 2.05) is 13.8 Å². The highest BCUT2D eigenvalue weighted by molar-refractivity contribution is 5.89. The van der Waals surface area contributed by atoms with Crippen LogP contribution in [-0.2, 0) is 17.9 Å². The lowest BCUT2D eigenvalue weighted by Crippen LogP contribution is -2.39. The van der Waals surface area contributed by atoms with Gasteiger partial charge in [-0.3, -0.25) is 0 Å². The lowest BCUT2D eigenvalue weighted by atomic mass is 10.1. The molecule has 0 aliphatic heterocycles. The monoisotopic (exact) mass is 386 g/mol. The van der Waals surface area contributed by atoms with E-state index in [4.69, 9.17) is 14.2 Å². The van der Waals surface area contributed by atoms with Crippen LogP contribution in [0.5, 0.6) is 11.5 Å². The Balaban J connectivity index is 1.92. The molecule has 0 unspecified atom stereocenters. The fraction of sp³-hybridized carbons (Fsp3) is 0.333. The summed E-state index contributed by atoms with van der Waals surface area (Å²) >= 11 is 0. The van der Waals surface area contributed by atoms with Crippen molar-refractivity contribution in [1.82, 2.24) is 10.6 Å². The molecular formula is C21H26N2O5. The summed E-state index contributed by atoms with van der Waals surface area (Å²) in [6.07, 6.45) is 0. The Kier molecular flexibility index (Phi) is 7.68. The molecule has 7 heteroatoms. The lowest BCUT2D eigenvalue weighted by molar-refractivity contribution is 0.0470. The largest absolute Gasteiger partial charge is 0.497 e. The van der Waals surface area contributed by atoms with Crippen molar-refractivity contribution >= 4 is 12.0 Å². The first-order chi connectivity index (χ1) is 13.4. The van der Waals surface area contributed by atoms with Gasteiger partial charge in [0.2, 0.25) is 0 Å². The summed E-state index contributed by atoms with van der Waals surface area (Å²) in [5.74, 6) is 0.835. The van der Waals surface area contributed by atoms with Gasteiger partial charge in [-0.2, -0.15) is 0 Å². The van der Waals surface area contributed by atoms with Crippen molar-refractivity contribution in [3.8, 4) is 11.5 Å². The molecule has 0 saturated heterocycles. The second-order valence-corrected chi connectivity index (χ2v) is 6.43. The first-order valence-electron chi connectivity index (χ1n) is 8.94. The SMILES string of the molecule is COc1ccc(OC)c(COC(=O)c2ccc(CNC(=O)NC(C)C)cc2)c1. The number of urea groups is 1. The number of rotatable bonds is 8. The van der Waals surface area contributed by atoms with E-state index in [-0.39, 0.29) is 18.7 Å². The van der Waals surface area contributed by atoms with Crippen LogP contribution in [0.4, 0.5) is 4.79 Å². The fourth-order valence-electron chi connectivity index (χ4n) is 2.48. The number of benzene rings is 2. The average molecular weight is 386 g/mol. The molecule has 2 aromatic rings. The Labute approximate surface area is 165 Å². The molecule has 0 aromatic heterocycles. The number of hydrogen-bond donors (Lipinski definition) is 2. The van der Waals surface area contributed by atoms with Crippen molar-refractivity contribution in [2.75, 3.05) is 14.2 Å². The van der Waals surface area contributed by atoms with Crippen molar-refractivity contribution in [3.05, 3.63) is 59.2 Å². The summed E-state index contributed by atoms with van der Waals surface area (Å²) in [4.78, 5) is 23.9. The van der Waals surface area contributed by atoms with E-state index in [9.17, 15) is 9.59 Å². The van der Waals surface area contributed by atoms with Gasteiger partial charge in [-0.25, -0.2) is 9.59 Å². The predicted octanol–water partition coefficient (Wildman–Crippen LogP) is 3.27. The molecule has 0 bridgehead atoms. The molecule has 2 aromatic carbocycles. The van der Waals surface area contributed by atoms with Gasteiger partial charge in [0.15, 0.2) is 0 Å². The molecule has 0 aliphatic rings. The van der Waals surface area contributed by atoms with Gasteiger partial charge in [0.05, 0.1) is 19.8 Å². The topological polar surface area (TPSA) is 85.9 Å². The Morgan fingerprint density at radius 2 is 1.71 bits per heavy atom. The zero-order chi connectivity index (χ0) is 20.5. The van der Waals surface area contributed by atoms with Gasteiger partial charge in [-0.05, 0) is 49.7 Å². The van der Waals surface area contributed by atoms with E-state index in [0.29, 0.717) is 29.2 Å². The minimum absolute atomic E-state index is 0.0673. The van der Waals surface area contributed by atoms with Crippen LogP contribution in [0.25, 0.3) is 0 Å². The minimum Gasteiger partial charge on any atom is -0.497 e. The second kappa shape index (κ2) is 10.2. The van der Waals surface area contributed by atoms with Crippen LogP contribution < -0.4 is 20.1 Å². The van der Waals surface area contributed by atoms with E-state index < -0.39 is 5.97 Å². The van der Waals surface area contributed by atoms with Gasteiger partial charge < -0.3 is 24.8 Å². The number of amides is 2. The number of methoxy groups -OCH3 is 2. The van der Waals surface area contributed by atoms with Crippen LogP contribution in [0.15, 0.2) is 42.5 Å². The van der Waals surface area contributed by atoms with Crippen molar-refractivity contribution in [3.63, 3.8) is 0 Å². The van der Waals surface area contributed by atoms with Crippen molar-refractivity contribution < 1.29 is 23.8 Å². The van der Waals surface area contributed by atoms with Gasteiger partial charge in [0.1, 0.15) is 18.1 Å². The standard InChI is InChI=1S/C21H26N2O5/c1-14(2)23-21(25)22-12-15-5-7-16(8-6-15)20(24)28-13-17-11-18(26-3)9-10-19(17)27-4/h5-11,14H,12-13H2,1-4H3,(H2,22,23,25). The van der Waals surface area contributed by atoms with E-state index in [2.05, 4.69) is 10.6 Å². The fourth-order valence-corrected chi connectivity index (χ4v) is 2.48. The Bertz CT molecular complexity index is 803. The third-order valence-corrected chi connectivity index (χ3v) is 3.91. The summed E-state index contributed by atoms with van der Waals surface area (Å²) in [6, 6.07) is 12.0. The second-order valence-electron chi connectivity index (χ2n) is 6.43. The highest BCUT2D eigenvalue weighted by Gasteiger charge is 2.11. The predicted molar refractivity (Wildman–Crippen MR) is 106 cm³/mol. The molecule has 7 nitrogen and oxygen atoms in total. The summed E-state index contributed by atoms with van der Waals surface area (Å²) in [5.41, 5.74) is 2.02. The van der Waals surface area contributed by atoms with Gasteiger partial charge in [-0.1, -0.05) is 12.1 Å². The molecule has 2 rings (SSSR count). The molecule has 0 radical (unpaired) electrons. The van der Waals surface area contributed by atoms with Crippen LogP contribution >= 0.6 is 0 Å². The summed E-state index contributed by atoms with van der Waals surface area (Å²) < 4.78 is 15.9. The average Bonchev–Trinajstić information content (AvgIpc) is 2.70. The summed E-state index contributed by atoms with van der Waals surface area (Å²) in [6.45, 7) is 4.22. The third kappa shape index (κ3) is 6.19. The van der Waals surface area contributed by atoms with Gasteiger partial charge in [0, 0.05) is 18.2 Å². The van der Waals surface area contributed by atoms with Gasteiger partial charge in [-0.15, -0.1) is 0 Å². The zero-order valence-electron chi connectivity index (χ0n) is 16.6. The van der Waals surface area contributed by atoms with Crippen molar-refractivity contribution in [2.45, 2.75) is 33.0 Å². The lowest BCUT2D eigenvalue weighted by Gasteiger charge is -2.12. The Morgan fingerprint density at radius 1 is 1.00 bits per heavy atom. The van der Waals surface area contributed by atoms with E-state index >= 15 is 0 Å². The van der Waals surface area contributed by atoms with E-state index in [1.54, 1.807) is 56.7 Å². The van der Waals surface area contributed by atoms with Crippen molar-refractivity contribution in [1.29, 1.82) is 0 Å². The smallest absolute Gasteiger partial charge is 0.338 e. The summed E-state index contributed by atoms with van der Waals surface area (Å²) in [7, 11) is 3.13. The maximum Gasteiger partial charge on any atom is 0.338 e. The number of carbonyl (C=O) groups excluding carboxylic acids is 2. The van der Waals surface area contributed by atoms with Crippen LogP contribution in [0.3, 0.4) is 0 Å². The van der Waals surface area contributed by atoms with E-state index in [1.165, 1.54) is 0 Å². The molecule has 0 aliphatic carbocycles. The highest BCUT2D eigenvalue weighted by Crippen LogP contribution is 2.25. The van der Waals surface area contributed by atoms with Crippen LogP contribution in [0, 0.1) is 0 Å². The molecule has 2 amide bonds. The first-order valence-corrected chi connectivity index (χ1v) is 8.94. The number of nitrogens with one attached hydrogen (secondary N) is 2. The molecule has 150 valence electrons. The Morgan fingerprint density at radius 3 is 2.32 bits per heavy atom. The number of hydrogen-bond acceptors (Lipinski definition) is 5. The number of carbonyl (C=O) groups is 2. The molecule has 0 fully saturated rings. The third-order valence-electron chi connectivity index (χ3n) is 3.91. The van der Waals surface area contributed by atoms with Gasteiger partial charge >= 0.3 is 12.0 Å². The van der Waals surface area contributed by atoms with Gasteiger partial charge in [0.25, 0.3) is 0 Å². The van der Waals surface area contributed by atoms with Crippen LogP contribution in [0.2, 0.25) is 0 Å². The number of ether oxygens (including phenoxy) is 3. The van der Waals surface area contributed by atoms with Crippen molar-refractivity contribution in [2.24, 2.45) is 0 Å².